The molecule has 0 unspecified atom stereocenters. The van der Waals surface area contributed by atoms with Gasteiger partial charge in [0.25, 0.3) is 0 Å². The van der Waals surface area contributed by atoms with E-state index in [1.807, 2.05) is 0 Å². The topological polar surface area (TPSA) is 43.8 Å². The van der Waals surface area contributed by atoms with Crippen molar-refractivity contribution in [1.82, 2.24) is 9.55 Å². The first-order valence-corrected chi connectivity index (χ1v) is 6.01. The van der Waals surface area contributed by atoms with E-state index in [1.165, 1.54) is 16.6 Å². The van der Waals surface area contributed by atoms with Gasteiger partial charge in [-0.25, -0.2) is 4.98 Å². The molecule has 0 saturated heterocycles. The van der Waals surface area contributed by atoms with Gasteiger partial charge in [-0.15, -0.1) is 0 Å². The van der Waals surface area contributed by atoms with Crippen molar-refractivity contribution in [2.45, 2.75) is 33.1 Å². The molecule has 0 aliphatic carbocycles. The van der Waals surface area contributed by atoms with Gasteiger partial charge in [0, 0.05) is 19.0 Å². The molecule has 3 nitrogen and oxygen atoms in total. The fraction of sp³-hybridized carbons (Fsp3) is 0.500. The molecule has 0 saturated carbocycles. The highest BCUT2D eigenvalue weighted by atomic mass is 15.1. The number of nitrogens with zero attached hydrogens (tertiary/aromatic N) is 2. The number of nitrogens with two attached hydrogens (primary N) is 1. The number of hydrogen-bond donors (Lipinski definition) is 1. The van der Waals surface area contributed by atoms with E-state index in [0.717, 1.165) is 11.3 Å². The molecule has 17 heavy (non-hydrogen) atoms. The molecule has 0 amide bonds. The average molecular weight is 231 g/mol. The summed E-state index contributed by atoms with van der Waals surface area (Å²) in [6.45, 7) is 9.12. The largest absolute Gasteiger partial charge is 0.331 e. The fourth-order valence-corrected chi connectivity index (χ4v) is 2.19. The molecule has 0 spiro atoms. The number of aromatic nitrogens is 2. The van der Waals surface area contributed by atoms with Crippen LogP contribution >= 0.6 is 0 Å². The summed E-state index contributed by atoms with van der Waals surface area (Å²) in [5.74, 6) is 1.06. The van der Waals surface area contributed by atoms with E-state index in [0.29, 0.717) is 6.54 Å². The third-order valence-electron chi connectivity index (χ3n) is 3.69. The molecule has 1 aromatic carbocycles. The monoisotopic (exact) mass is 231 g/mol. The van der Waals surface area contributed by atoms with Crippen LogP contribution in [-0.2, 0) is 12.5 Å². The molecule has 0 bridgehead atoms. The lowest BCUT2D eigenvalue weighted by molar-refractivity contribution is 0.487. The van der Waals surface area contributed by atoms with E-state index < -0.39 is 0 Å². The van der Waals surface area contributed by atoms with Crippen molar-refractivity contribution in [3.63, 3.8) is 0 Å². The molecule has 3 heteroatoms. The Morgan fingerprint density at radius 2 is 1.94 bits per heavy atom. The zero-order valence-corrected chi connectivity index (χ0v) is 11.3. The number of fused-ring (bicyclic) bond motifs is 1. The molecule has 0 fully saturated rings. The van der Waals surface area contributed by atoms with E-state index in [9.17, 15) is 0 Å². The maximum atomic E-state index is 5.84. The summed E-state index contributed by atoms with van der Waals surface area (Å²) in [6, 6.07) is 4.29. The van der Waals surface area contributed by atoms with Crippen LogP contribution in [-0.4, -0.2) is 16.1 Å². The Kier molecular flexibility index (Phi) is 2.74. The van der Waals surface area contributed by atoms with Gasteiger partial charge in [-0.1, -0.05) is 19.9 Å². The maximum Gasteiger partial charge on any atom is 0.116 e. The lowest BCUT2D eigenvalue weighted by Crippen LogP contribution is -2.31. The molecule has 0 aliphatic heterocycles. The maximum absolute atomic E-state index is 5.84. The summed E-state index contributed by atoms with van der Waals surface area (Å²) in [4.78, 5) is 4.80. The minimum absolute atomic E-state index is 0.0892. The first kappa shape index (κ1) is 12.1. The number of rotatable bonds is 2. The smallest absolute Gasteiger partial charge is 0.116 e. The second-order valence-corrected chi connectivity index (χ2v) is 5.46. The lowest BCUT2D eigenvalue weighted by atomic mass is 9.93. The van der Waals surface area contributed by atoms with Crippen molar-refractivity contribution in [3.8, 4) is 0 Å². The molecular formula is C14H21N3. The number of aryl methyl sites for hydroxylation is 3. The highest BCUT2D eigenvalue weighted by molar-refractivity contribution is 5.80. The van der Waals surface area contributed by atoms with Gasteiger partial charge in [0.05, 0.1) is 11.0 Å². The van der Waals surface area contributed by atoms with Crippen LogP contribution in [0.1, 0.15) is 30.8 Å². The molecule has 92 valence electrons. The van der Waals surface area contributed by atoms with E-state index in [1.54, 1.807) is 0 Å². The SMILES string of the molecule is Cc1ccc2c(nc(C(C)(C)CN)n2C)c1C. The Bertz CT molecular complexity index is 564. The van der Waals surface area contributed by atoms with Crippen LogP contribution in [0.5, 0.6) is 0 Å². The van der Waals surface area contributed by atoms with Crippen molar-refractivity contribution in [1.29, 1.82) is 0 Å². The standard InChI is InChI=1S/C14H21N3/c1-9-6-7-11-12(10(9)2)16-13(17(11)5)14(3,4)8-15/h6-7H,8,15H2,1-5H3. The predicted octanol–water partition coefficient (Wildman–Crippen LogP) is 2.43. The normalized spacial score (nSPS) is 12.4. The molecule has 1 heterocycles. The molecule has 2 N–H and O–H groups in total. The van der Waals surface area contributed by atoms with Gasteiger partial charge >= 0.3 is 0 Å². The summed E-state index contributed by atoms with van der Waals surface area (Å²) in [5.41, 5.74) is 10.6. The number of hydrogen-bond acceptors (Lipinski definition) is 2. The highest BCUT2D eigenvalue weighted by Gasteiger charge is 2.25. The van der Waals surface area contributed by atoms with Crippen molar-refractivity contribution < 1.29 is 0 Å². The van der Waals surface area contributed by atoms with Crippen molar-refractivity contribution in [2.24, 2.45) is 12.8 Å². The lowest BCUT2D eigenvalue weighted by Gasteiger charge is -2.21. The summed E-state index contributed by atoms with van der Waals surface area (Å²) in [5, 5.41) is 0. The van der Waals surface area contributed by atoms with Crippen LogP contribution in [0, 0.1) is 13.8 Å². The van der Waals surface area contributed by atoms with Crippen LogP contribution in [0.2, 0.25) is 0 Å². The summed E-state index contributed by atoms with van der Waals surface area (Å²) < 4.78 is 2.16. The van der Waals surface area contributed by atoms with E-state index >= 15 is 0 Å². The van der Waals surface area contributed by atoms with E-state index in [2.05, 4.69) is 51.4 Å². The molecule has 0 atom stereocenters. The van der Waals surface area contributed by atoms with Gasteiger partial charge in [-0.3, -0.25) is 0 Å². The third-order valence-corrected chi connectivity index (χ3v) is 3.69. The minimum Gasteiger partial charge on any atom is -0.331 e. The molecule has 1 aromatic heterocycles. The van der Waals surface area contributed by atoms with Gasteiger partial charge in [-0.2, -0.15) is 0 Å². The molecule has 2 aromatic rings. The zero-order valence-electron chi connectivity index (χ0n) is 11.3. The predicted molar refractivity (Wildman–Crippen MR) is 72.3 cm³/mol. The number of benzene rings is 1. The Morgan fingerprint density at radius 1 is 1.29 bits per heavy atom. The Labute approximate surface area is 103 Å². The van der Waals surface area contributed by atoms with E-state index in [4.69, 9.17) is 10.7 Å². The van der Waals surface area contributed by atoms with Crippen molar-refractivity contribution in [2.75, 3.05) is 6.54 Å². The van der Waals surface area contributed by atoms with Gasteiger partial charge in [0.2, 0.25) is 0 Å². The van der Waals surface area contributed by atoms with Crippen molar-refractivity contribution >= 4 is 11.0 Å². The van der Waals surface area contributed by atoms with E-state index in [-0.39, 0.29) is 5.41 Å². The first-order valence-electron chi connectivity index (χ1n) is 6.01. The van der Waals surface area contributed by atoms with Gasteiger partial charge in [0.1, 0.15) is 5.82 Å². The second-order valence-electron chi connectivity index (χ2n) is 5.46. The third kappa shape index (κ3) is 1.75. The molecular weight excluding hydrogens is 210 g/mol. The average Bonchev–Trinajstić information content (AvgIpc) is 2.63. The minimum atomic E-state index is -0.0892. The second kappa shape index (κ2) is 3.84. The highest BCUT2D eigenvalue weighted by Crippen LogP contribution is 2.27. The van der Waals surface area contributed by atoms with Gasteiger partial charge in [-0.05, 0) is 31.0 Å². The Balaban J connectivity index is 2.77. The van der Waals surface area contributed by atoms with Gasteiger partial charge in [0.15, 0.2) is 0 Å². The molecule has 2 rings (SSSR count). The fourth-order valence-electron chi connectivity index (χ4n) is 2.19. The van der Waals surface area contributed by atoms with Gasteiger partial charge < -0.3 is 10.3 Å². The Morgan fingerprint density at radius 3 is 2.53 bits per heavy atom. The summed E-state index contributed by atoms with van der Waals surface area (Å²) in [7, 11) is 2.07. The molecule has 0 aliphatic rings. The van der Waals surface area contributed by atoms with Crippen LogP contribution in [0.3, 0.4) is 0 Å². The van der Waals surface area contributed by atoms with Crippen LogP contribution < -0.4 is 5.73 Å². The number of imidazole rings is 1. The first-order chi connectivity index (χ1) is 7.88. The summed E-state index contributed by atoms with van der Waals surface area (Å²) in [6.07, 6.45) is 0. The quantitative estimate of drug-likeness (QED) is 0.862. The van der Waals surface area contributed by atoms with Crippen LogP contribution in [0.15, 0.2) is 12.1 Å². The zero-order chi connectivity index (χ0) is 12.8. The summed E-state index contributed by atoms with van der Waals surface area (Å²) >= 11 is 0. The molecule has 0 radical (unpaired) electrons. The van der Waals surface area contributed by atoms with Crippen LogP contribution in [0.25, 0.3) is 11.0 Å². The van der Waals surface area contributed by atoms with Crippen molar-refractivity contribution in [3.05, 3.63) is 29.1 Å². The van der Waals surface area contributed by atoms with Crippen LogP contribution in [0.4, 0.5) is 0 Å². The Hall–Kier alpha value is -1.35.